The van der Waals surface area contributed by atoms with Crippen LogP contribution >= 0.6 is 0 Å². The molecule has 1 atom stereocenters. The number of nitrogens with zero attached hydrogens (tertiary/aromatic N) is 3. The number of hydroxylamine groups is 1. The summed E-state index contributed by atoms with van der Waals surface area (Å²) in [6, 6.07) is 13.0. The van der Waals surface area contributed by atoms with Crippen molar-refractivity contribution >= 4 is 21.7 Å². The fraction of sp³-hybridized carbons (Fsp3) is 0.370. The van der Waals surface area contributed by atoms with E-state index in [0.29, 0.717) is 22.5 Å². The Morgan fingerprint density at radius 2 is 1.72 bits per heavy atom. The second kappa shape index (κ2) is 12.1. The second-order valence-electron chi connectivity index (χ2n) is 9.71. The van der Waals surface area contributed by atoms with Gasteiger partial charge in [-0.15, -0.1) is 0 Å². The molecule has 10 nitrogen and oxygen atoms in total. The molecule has 1 aromatic heterocycles. The number of sulfone groups is 1. The lowest BCUT2D eigenvalue weighted by Crippen LogP contribution is -2.39. The van der Waals surface area contributed by atoms with Crippen LogP contribution in [0.3, 0.4) is 0 Å². The molecule has 1 fully saturated rings. The van der Waals surface area contributed by atoms with Crippen molar-refractivity contribution in [3.05, 3.63) is 71.7 Å². The van der Waals surface area contributed by atoms with Gasteiger partial charge in [-0.2, -0.15) is 5.10 Å². The molecule has 0 aliphatic carbocycles. The number of piperidine rings is 1. The number of aryl methyl sites for hydroxylation is 1. The fourth-order valence-electron chi connectivity index (χ4n) is 4.30. The quantitative estimate of drug-likeness (QED) is 0.388. The Hall–Kier alpha value is -3.61. The molecular weight excluding hydrogens is 525 g/mol. The first-order chi connectivity index (χ1) is 18.5. The largest absolute Gasteiger partial charge is 0.344 e. The Morgan fingerprint density at radius 3 is 2.36 bits per heavy atom. The Labute approximate surface area is 227 Å². The van der Waals surface area contributed by atoms with Crippen LogP contribution in [0.2, 0.25) is 0 Å². The Balaban J connectivity index is 1.33. The molecule has 0 radical (unpaired) electrons. The Bertz CT molecular complexity index is 1420. The third-order valence-corrected chi connectivity index (χ3v) is 8.30. The number of rotatable bonds is 9. The zero-order valence-electron chi connectivity index (χ0n) is 22.1. The van der Waals surface area contributed by atoms with E-state index in [1.807, 2.05) is 7.05 Å². The third-order valence-electron chi connectivity index (χ3n) is 6.67. The van der Waals surface area contributed by atoms with Crippen molar-refractivity contribution in [1.82, 2.24) is 25.5 Å². The molecule has 0 saturated carbocycles. The van der Waals surface area contributed by atoms with E-state index in [2.05, 4.69) is 20.8 Å². The van der Waals surface area contributed by atoms with Crippen LogP contribution < -0.4 is 10.8 Å². The van der Waals surface area contributed by atoms with E-state index in [9.17, 15) is 22.4 Å². The topological polar surface area (TPSA) is 123 Å². The summed E-state index contributed by atoms with van der Waals surface area (Å²) in [5.74, 6) is -2.19. The van der Waals surface area contributed by atoms with Crippen LogP contribution in [-0.4, -0.2) is 66.9 Å². The zero-order chi connectivity index (χ0) is 28.2. The van der Waals surface area contributed by atoms with Crippen LogP contribution in [-0.2, 0) is 26.5 Å². The predicted octanol–water partition coefficient (Wildman–Crippen LogP) is 2.63. The van der Waals surface area contributed by atoms with Gasteiger partial charge in [-0.1, -0.05) is 12.1 Å². The standard InChI is InChI=1S/C27H32FN5O5S/c1-18(29-27(35)25-16-24(30-33(25)3)20-4-8-21(28)9-5-20)19-6-10-23(11-7-19)39(36,37)17-26(34)31-38-22-12-14-32(2)15-13-22/h4-11,16,18,22H,12-15,17H2,1-3H3,(H,29,35)(H,31,34). The second-order valence-corrected chi connectivity index (χ2v) is 11.7. The minimum Gasteiger partial charge on any atom is -0.344 e. The van der Waals surface area contributed by atoms with E-state index >= 15 is 0 Å². The number of benzene rings is 2. The predicted molar refractivity (Wildman–Crippen MR) is 143 cm³/mol. The molecule has 39 heavy (non-hydrogen) atoms. The molecule has 1 saturated heterocycles. The Kier molecular flexibility index (Phi) is 8.78. The molecule has 12 heteroatoms. The average Bonchev–Trinajstić information content (AvgIpc) is 3.30. The monoisotopic (exact) mass is 557 g/mol. The van der Waals surface area contributed by atoms with Gasteiger partial charge in [-0.25, -0.2) is 18.3 Å². The van der Waals surface area contributed by atoms with Crippen LogP contribution in [0.15, 0.2) is 59.5 Å². The van der Waals surface area contributed by atoms with Crippen molar-refractivity contribution in [2.75, 3.05) is 25.9 Å². The molecule has 0 spiro atoms. The van der Waals surface area contributed by atoms with E-state index in [1.54, 1.807) is 44.3 Å². The van der Waals surface area contributed by atoms with Crippen molar-refractivity contribution in [3.8, 4) is 11.3 Å². The summed E-state index contributed by atoms with van der Waals surface area (Å²) in [4.78, 5) is 32.7. The summed E-state index contributed by atoms with van der Waals surface area (Å²) in [7, 11) is -0.236. The number of carbonyl (C=O) groups excluding carboxylic acids is 2. The minimum atomic E-state index is -3.88. The molecule has 1 aliphatic heterocycles. The molecule has 0 bridgehead atoms. The fourth-order valence-corrected chi connectivity index (χ4v) is 5.42. The van der Waals surface area contributed by atoms with Crippen molar-refractivity contribution < 1.29 is 27.2 Å². The number of amides is 2. The maximum atomic E-state index is 13.2. The number of nitrogens with one attached hydrogen (secondary N) is 2. The first-order valence-corrected chi connectivity index (χ1v) is 14.2. The van der Waals surface area contributed by atoms with Gasteiger partial charge in [0.1, 0.15) is 17.3 Å². The lowest BCUT2D eigenvalue weighted by atomic mass is 10.1. The van der Waals surface area contributed by atoms with Crippen LogP contribution in [0.1, 0.15) is 41.9 Å². The number of hydrogen-bond acceptors (Lipinski definition) is 7. The van der Waals surface area contributed by atoms with Crippen LogP contribution in [0.5, 0.6) is 0 Å². The number of aromatic nitrogens is 2. The zero-order valence-corrected chi connectivity index (χ0v) is 22.9. The van der Waals surface area contributed by atoms with E-state index in [0.717, 1.165) is 25.9 Å². The normalized spacial score (nSPS) is 15.6. The van der Waals surface area contributed by atoms with Crippen molar-refractivity contribution in [2.24, 2.45) is 7.05 Å². The molecule has 2 N–H and O–H groups in total. The van der Waals surface area contributed by atoms with Gasteiger partial charge in [0.25, 0.3) is 11.8 Å². The van der Waals surface area contributed by atoms with Gasteiger partial charge in [-0.05, 0) is 74.8 Å². The lowest BCUT2D eigenvalue weighted by molar-refractivity contribution is -0.138. The third kappa shape index (κ3) is 7.28. The molecule has 4 rings (SSSR count). The molecule has 2 aromatic carbocycles. The average molecular weight is 558 g/mol. The molecule has 2 amide bonds. The first-order valence-electron chi connectivity index (χ1n) is 12.6. The van der Waals surface area contributed by atoms with Gasteiger partial charge >= 0.3 is 0 Å². The van der Waals surface area contributed by atoms with Gasteiger partial charge in [0.05, 0.1) is 22.7 Å². The molecular formula is C27H32FN5O5S. The first kappa shape index (κ1) is 28.4. The summed E-state index contributed by atoms with van der Waals surface area (Å²) in [6.07, 6.45) is 1.38. The van der Waals surface area contributed by atoms with Gasteiger partial charge < -0.3 is 10.2 Å². The summed E-state index contributed by atoms with van der Waals surface area (Å²) in [6.45, 7) is 3.47. The van der Waals surface area contributed by atoms with Crippen molar-refractivity contribution in [1.29, 1.82) is 0 Å². The van der Waals surface area contributed by atoms with Crippen LogP contribution in [0.25, 0.3) is 11.3 Å². The molecule has 208 valence electrons. The maximum absolute atomic E-state index is 13.2. The smallest absolute Gasteiger partial charge is 0.270 e. The Morgan fingerprint density at radius 1 is 1.08 bits per heavy atom. The summed E-state index contributed by atoms with van der Waals surface area (Å²) in [5, 5.41) is 7.22. The summed E-state index contributed by atoms with van der Waals surface area (Å²) >= 11 is 0. The van der Waals surface area contributed by atoms with Crippen LogP contribution in [0.4, 0.5) is 4.39 Å². The highest BCUT2D eigenvalue weighted by molar-refractivity contribution is 7.92. The van der Waals surface area contributed by atoms with Crippen molar-refractivity contribution in [3.63, 3.8) is 0 Å². The lowest BCUT2D eigenvalue weighted by Gasteiger charge is -2.28. The molecule has 2 heterocycles. The number of likely N-dealkylation sites (tertiary alicyclic amines) is 1. The van der Waals surface area contributed by atoms with Gasteiger partial charge in [0, 0.05) is 25.7 Å². The highest BCUT2D eigenvalue weighted by atomic mass is 32.2. The number of hydrogen-bond donors (Lipinski definition) is 2. The molecule has 1 unspecified atom stereocenters. The summed E-state index contributed by atoms with van der Waals surface area (Å²) < 4.78 is 40.1. The molecule has 3 aromatic rings. The number of halogens is 1. The molecule has 1 aliphatic rings. The van der Waals surface area contributed by atoms with E-state index in [1.165, 1.54) is 28.9 Å². The SMILES string of the molecule is CC(NC(=O)c1cc(-c2ccc(F)cc2)nn1C)c1ccc(S(=O)(=O)CC(=O)NOC2CCN(C)CC2)cc1. The van der Waals surface area contributed by atoms with E-state index in [4.69, 9.17) is 4.84 Å². The highest BCUT2D eigenvalue weighted by Gasteiger charge is 2.23. The van der Waals surface area contributed by atoms with E-state index < -0.39 is 27.5 Å². The van der Waals surface area contributed by atoms with Gasteiger partial charge in [0.2, 0.25) is 0 Å². The number of carbonyl (C=O) groups is 2. The van der Waals surface area contributed by atoms with Gasteiger partial charge in [0.15, 0.2) is 9.84 Å². The minimum absolute atomic E-state index is 0.00482. The van der Waals surface area contributed by atoms with Crippen molar-refractivity contribution in [2.45, 2.75) is 36.8 Å². The van der Waals surface area contributed by atoms with Crippen LogP contribution in [0, 0.1) is 5.82 Å². The van der Waals surface area contributed by atoms with Gasteiger partial charge in [-0.3, -0.25) is 19.1 Å². The summed E-state index contributed by atoms with van der Waals surface area (Å²) in [5.41, 5.74) is 4.48. The maximum Gasteiger partial charge on any atom is 0.270 e. The van der Waals surface area contributed by atoms with E-state index in [-0.39, 0.29) is 22.7 Å². The highest BCUT2D eigenvalue weighted by Crippen LogP contribution is 2.21.